The van der Waals surface area contributed by atoms with Crippen LogP contribution in [0.25, 0.3) is 0 Å². The molecule has 0 radical (unpaired) electrons. The lowest BCUT2D eigenvalue weighted by atomic mass is 9.96. The number of thioether (sulfide) groups is 1. The van der Waals surface area contributed by atoms with Crippen molar-refractivity contribution < 1.29 is 9.59 Å². The number of rotatable bonds is 6. The van der Waals surface area contributed by atoms with Gasteiger partial charge in [-0.25, -0.2) is 4.79 Å². The van der Waals surface area contributed by atoms with Gasteiger partial charge in [-0.05, 0) is 32.6 Å². The molecule has 1 atom stereocenters. The Morgan fingerprint density at radius 3 is 2.38 bits per heavy atom. The quantitative estimate of drug-likeness (QED) is 0.740. The standard InChI is InChI=1S/C18H29N5O2S/c1-11(2)15-21-22-18(23(15)14-9-10-14)26-12(3)16(24)20-17(25)19-13-7-5-4-6-8-13/h11-14H,4-10H2,1-3H3,(H2,19,20,24,25). The van der Waals surface area contributed by atoms with Crippen molar-refractivity contribution in [3.63, 3.8) is 0 Å². The predicted octanol–water partition coefficient (Wildman–Crippen LogP) is 3.38. The molecule has 0 aromatic carbocycles. The number of amides is 3. The van der Waals surface area contributed by atoms with Crippen molar-refractivity contribution in [1.82, 2.24) is 25.4 Å². The number of carbonyl (C=O) groups is 2. The van der Waals surface area contributed by atoms with Gasteiger partial charge in [0.15, 0.2) is 5.16 Å². The minimum Gasteiger partial charge on any atom is -0.335 e. The molecule has 1 unspecified atom stereocenters. The zero-order valence-corrected chi connectivity index (χ0v) is 16.6. The molecule has 3 amide bonds. The van der Waals surface area contributed by atoms with Crippen molar-refractivity contribution >= 4 is 23.7 Å². The summed E-state index contributed by atoms with van der Waals surface area (Å²) in [5.41, 5.74) is 0. The van der Waals surface area contributed by atoms with E-state index in [1.54, 1.807) is 6.92 Å². The summed E-state index contributed by atoms with van der Waals surface area (Å²) < 4.78 is 2.17. The van der Waals surface area contributed by atoms with Crippen molar-refractivity contribution in [1.29, 1.82) is 0 Å². The average molecular weight is 380 g/mol. The molecule has 2 saturated carbocycles. The van der Waals surface area contributed by atoms with Crippen LogP contribution in [0.1, 0.15) is 83.5 Å². The van der Waals surface area contributed by atoms with E-state index in [4.69, 9.17) is 0 Å². The van der Waals surface area contributed by atoms with Crippen molar-refractivity contribution in [2.45, 2.75) is 94.1 Å². The van der Waals surface area contributed by atoms with Crippen LogP contribution in [-0.2, 0) is 4.79 Å². The van der Waals surface area contributed by atoms with E-state index >= 15 is 0 Å². The number of nitrogens with zero attached hydrogens (tertiary/aromatic N) is 3. The highest BCUT2D eigenvalue weighted by atomic mass is 32.2. The Kier molecular flexibility index (Phi) is 6.21. The molecule has 1 heterocycles. The van der Waals surface area contributed by atoms with Gasteiger partial charge in [0.25, 0.3) is 0 Å². The Morgan fingerprint density at radius 1 is 1.08 bits per heavy atom. The molecular weight excluding hydrogens is 350 g/mol. The van der Waals surface area contributed by atoms with Crippen LogP contribution in [0.5, 0.6) is 0 Å². The van der Waals surface area contributed by atoms with Gasteiger partial charge in [0.05, 0.1) is 5.25 Å². The lowest BCUT2D eigenvalue weighted by Crippen LogP contribution is -2.47. The van der Waals surface area contributed by atoms with Gasteiger partial charge >= 0.3 is 6.03 Å². The molecule has 26 heavy (non-hydrogen) atoms. The molecule has 2 fully saturated rings. The maximum Gasteiger partial charge on any atom is 0.321 e. The number of hydrogen-bond acceptors (Lipinski definition) is 5. The molecular formula is C18H29N5O2S. The van der Waals surface area contributed by atoms with Gasteiger partial charge in [-0.1, -0.05) is 44.9 Å². The molecule has 0 spiro atoms. The molecule has 2 N–H and O–H groups in total. The topological polar surface area (TPSA) is 88.9 Å². The number of nitrogens with one attached hydrogen (secondary N) is 2. The number of imide groups is 1. The van der Waals surface area contributed by atoms with Crippen molar-refractivity contribution in [2.75, 3.05) is 0 Å². The van der Waals surface area contributed by atoms with E-state index in [-0.39, 0.29) is 18.0 Å². The van der Waals surface area contributed by atoms with Crippen LogP contribution in [0.2, 0.25) is 0 Å². The summed E-state index contributed by atoms with van der Waals surface area (Å²) in [7, 11) is 0. The highest BCUT2D eigenvalue weighted by Crippen LogP contribution is 2.40. The highest BCUT2D eigenvalue weighted by molar-refractivity contribution is 8.00. The highest BCUT2D eigenvalue weighted by Gasteiger charge is 2.32. The Labute approximate surface area is 159 Å². The summed E-state index contributed by atoms with van der Waals surface area (Å²) in [5, 5.41) is 14.3. The smallest absolute Gasteiger partial charge is 0.321 e. The van der Waals surface area contributed by atoms with Crippen molar-refractivity contribution in [2.24, 2.45) is 0 Å². The number of carbonyl (C=O) groups excluding carboxylic acids is 2. The summed E-state index contributed by atoms with van der Waals surface area (Å²) in [5.74, 6) is 0.972. The van der Waals surface area contributed by atoms with Crippen LogP contribution in [-0.4, -0.2) is 38.0 Å². The van der Waals surface area contributed by atoms with Gasteiger partial charge in [-0.2, -0.15) is 0 Å². The van der Waals surface area contributed by atoms with Crippen LogP contribution in [0.4, 0.5) is 4.79 Å². The molecule has 1 aromatic heterocycles. The Morgan fingerprint density at radius 2 is 1.77 bits per heavy atom. The molecule has 0 saturated heterocycles. The molecule has 2 aliphatic rings. The monoisotopic (exact) mass is 379 g/mol. The van der Waals surface area contributed by atoms with Gasteiger partial charge in [-0.15, -0.1) is 10.2 Å². The van der Waals surface area contributed by atoms with Gasteiger partial charge in [0, 0.05) is 18.0 Å². The molecule has 1 aromatic rings. The summed E-state index contributed by atoms with van der Waals surface area (Å²) in [6, 6.07) is 0.252. The van der Waals surface area contributed by atoms with Crippen LogP contribution >= 0.6 is 11.8 Å². The second-order valence-corrected chi connectivity index (χ2v) is 8.96. The number of hydrogen-bond donors (Lipinski definition) is 2. The van der Waals surface area contributed by atoms with Crippen LogP contribution in [0.3, 0.4) is 0 Å². The summed E-state index contributed by atoms with van der Waals surface area (Å²) >= 11 is 1.37. The normalized spacial score (nSPS) is 19.4. The number of aromatic nitrogens is 3. The van der Waals surface area contributed by atoms with E-state index < -0.39 is 5.25 Å². The molecule has 144 valence electrons. The lowest BCUT2D eigenvalue weighted by Gasteiger charge is -2.23. The van der Waals surface area contributed by atoms with E-state index in [9.17, 15) is 9.59 Å². The van der Waals surface area contributed by atoms with Crippen LogP contribution in [0.15, 0.2) is 5.16 Å². The largest absolute Gasteiger partial charge is 0.335 e. The van der Waals surface area contributed by atoms with E-state index in [0.717, 1.165) is 49.5 Å². The van der Waals surface area contributed by atoms with Gasteiger partial charge in [0.1, 0.15) is 5.82 Å². The third-order valence-corrected chi connectivity index (χ3v) is 6.00. The first-order valence-corrected chi connectivity index (χ1v) is 10.6. The van der Waals surface area contributed by atoms with Crippen molar-refractivity contribution in [3.8, 4) is 0 Å². The second kappa shape index (κ2) is 8.41. The molecule has 2 aliphatic carbocycles. The zero-order valence-electron chi connectivity index (χ0n) is 15.8. The summed E-state index contributed by atoms with van der Waals surface area (Å²) in [6.07, 6.45) is 7.76. The van der Waals surface area contributed by atoms with Gasteiger partial charge in [0.2, 0.25) is 5.91 Å². The molecule has 7 nitrogen and oxygen atoms in total. The lowest BCUT2D eigenvalue weighted by molar-refractivity contribution is -0.119. The van der Waals surface area contributed by atoms with E-state index in [1.807, 2.05) is 0 Å². The predicted molar refractivity (Wildman–Crippen MR) is 101 cm³/mol. The van der Waals surface area contributed by atoms with Crippen LogP contribution in [0, 0.1) is 0 Å². The first-order chi connectivity index (χ1) is 12.5. The first-order valence-electron chi connectivity index (χ1n) is 9.68. The SMILES string of the molecule is CC(Sc1nnc(C(C)C)n1C1CC1)C(=O)NC(=O)NC1CCCCC1. The first kappa shape index (κ1) is 19.2. The minimum absolute atomic E-state index is 0.186. The van der Waals surface area contributed by atoms with Gasteiger partial charge < -0.3 is 9.88 Å². The fourth-order valence-electron chi connectivity index (χ4n) is 3.33. The maximum atomic E-state index is 12.4. The van der Waals surface area contributed by atoms with E-state index in [2.05, 4.69) is 39.2 Å². The van der Waals surface area contributed by atoms with E-state index in [1.165, 1.54) is 18.2 Å². The molecule has 0 bridgehead atoms. The maximum absolute atomic E-state index is 12.4. The second-order valence-electron chi connectivity index (χ2n) is 7.65. The van der Waals surface area contributed by atoms with E-state index in [0.29, 0.717) is 12.0 Å². The Bertz CT molecular complexity index is 650. The molecule has 0 aliphatic heterocycles. The Hall–Kier alpha value is -1.57. The zero-order chi connectivity index (χ0) is 18.7. The van der Waals surface area contributed by atoms with Gasteiger partial charge in [-0.3, -0.25) is 10.1 Å². The average Bonchev–Trinajstić information content (AvgIpc) is 3.35. The fourth-order valence-corrected chi connectivity index (χ4v) is 4.26. The third kappa shape index (κ3) is 4.78. The van der Waals surface area contributed by atoms with Crippen LogP contribution < -0.4 is 10.6 Å². The summed E-state index contributed by atoms with van der Waals surface area (Å²) in [4.78, 5) is 24.5. The number of urea groups is 1. The molecule has 8 heteroatoms. The minimum atomic E-state index is -0.409. The fraction of sp³-hybridized carbons (Fsp3) is 0.778. The third-order valence-electron chi connectivity index (χ3n) is 4.95. The summed E-state index contributed by atoms with van der Waals surface area (Å²) in [6.45, 7) is 6.00. The van der Waals surface area contributed by atoms with Crippen molar-refractivity contribution in [3.05, 3.63) is 5.82 Å². The molecule has 3 rings (SSSR count). The Balaban J connectivity index is 1.55.